The molecule has 1 aliphatic heterocycles. The largest absolute Gasteiger partial charge is 0.465 e. The number of thiophene rings is 1. The normalized spacial score (nSPS) is 14.3. The van der Waals surface area contributed by atoms with Gasteiger partial charge in [-0.15, -0.1) is 11.3 Å². The number of rotatable bonds is 5. The van der Waals surface area contributed by atoms with E-state index >= 15 is 0 Å². The lowest BCUT2D eigenvalue weighted by Crippen LogP contribution is -2.29. The number of hydrogen-bond donors (Lipinski definition) is 1. The second-order valence-corrected chi connectivity index (χ2v) is 8.32. The number of carbonyl (C=O) groups is 2. The molecule has 1 aliphatic rings. The van der Waals surface area contributed by atoms with Crippen LogP contribution in [0.15, 0.2) is 40.6 Å². The van der Waals surface area contributed by atoms with Gasteiger partial charge in [0, 0.05) is 13.1 Å². The Morgan fingerprint density at radius 3 is 2.54 bits per heavy atom. The molecule has 3 rings (SSSR count). The number of methoxy groups -OCH3 is 1. The summed E-state index contributed by atoms with van der Waals surface area (Å²) in [4.78, 5) is 26.0. The molecule has 1 saturated heterocycles. The Kier molecular flexibility index (Phi) is 5.28. The number of hydrogen-bond acceptors (Lipinski definition) is 6. The van der Waals surface area contributed by atoms with Crippen LogP contribution in [0.5, 0.6) is 0 Å². The first-order chi connectivity index (χ1) is 12.4. The lowest BCUT2D eigenvalue weighted by Gasteiger charge is -2.18. The molecule has 138 valence electrons. The summed E-state index contributed by atoms with van der Waals surface area (Å²) in [5, 5.41) is 1.50. The van der Waals surface area contributed by atoms with E-state index in [1.807, 2.05) is 0 Å². The Morgan fingerprint density at radius 1 is 1.15 bits per heavy atom. The number of ether oxygens (including phenoxy) is 1. The van der Waals surface area contributed by atoms with E-state index in [1.54, 1.807) is 23.1 Å². The van der Waals surface area contributed by atoms with E-state index in [2.05, 4.69) is 9.46 Å². The Hall–Kier alpha value is -2.39. The smallest absolute Gasteiger partial charge is 0.349 e. The van der Waals surface area contributed by atoms with Crippen molar-refractivity contribution in [2.75, 3.05) is 24.9 Å². The molecule has 2 heterocycles. The van der Waals surface area contributed by atoms with E-state index < -0.39 is 16.0 Å². The van der Waals surface area contributed by atoms with Crippen molar-refractivity contribution in [1.82, 2.24) is 4.90 Å². The summed E-state index contributed by atoms with van der Waals surface area (Å²) in [5.74, 6) is -0.930. The Bertz CT molecular complexity index is 930. The first-order valence-corrected chi connectivity index (χ1v) is 10.4. The average Bonchev–Trinajstić information content (AvgIpc) is 3.32. The van der Waals surface area contributed by atoms with Gasteiger partial charge in [-0.1, -0.05) is 12.1 Å². The molecule has 0 spiro atoms. The van der Waals surface area contributed by atoms with Crippen LogP contribution in [-0.2, 0) is 14.8 Å². The minimum atomic E-state index is -4.05. The molecule has 2 aromatic rings. The van der Waals surface area contributed by atoms with Crippen molar-refractivity contribution in [2.45, 2.75) is 17.7 Å². The Labute approximate surface area is 155 Å². The van der Waals surface area contributed by atoms with E-state index in [1.165, 1.54) is 24.6 Å². The van der Waals surface area contributed by atoms with E-state index in [4.69, 9.17) is 0 Å². The van der Waals surface area contributed by atoms with Gasteiger partial charge in [-0.25, -0.2) is 13.2 Å². The molecule has 26 heavy (non-hydrogen) atoms. The first kappa shape index (κ1) is 18.4. The van der Waals surface area contributed by atoms with Crippen molar-refractivity contribution < 1.29 is 22.7 Å². The quantitative estimate of drug-likeness (QED) is 0.787. The number of nitrogens with zero attached hydrogens (tertiary/aromatic N) is 1. The van der Waals surface area contributed by atoms with Gasteiger partial charge in [0.2, 0.25) is 0 Å². The van der Waals surface area contributed by atoms with Gasteiger partial charge in [0.25, 0.3) is 15.9 Å². The van der Waals surface area contributed by atoms with Crippen LogP contribution in [0, 0.1) is 0 Å². The third-order valence-electron chi connectivity index (χ3n) is 4.08. The number of likely N-dealkylation sites (tertiary alicyclic amines) is 1. The van der Waals surface area contributed by atoms with Crippen molar-refractivity contribution in [3.8, 4) is 0 Å². The predicted molar refractivity (Wildman–Crippen MR) is 98.0 cm³/mol. The van der Waals surface area contributed by atoms with Crippen molar-refractivity contribution in [2.24, 2.45) is 0 Å². The zero-order valence-corrected chi connectivity index (χ0v) is 15.7. The van der Waals surface area contributed by atoms with Crippen LogP contribution < -0.4 is 4.72 Å². The van der Waals surface area contributed by atoms with Gasteiger partial charge in [-0.2, -0.15) is 0 Å². The highest BCUT2D eigenvalue weighted by atomic mass is 32.2. The van der Waals surface area contributed by atoms with Gasteiger partial charge in [0.1, 0.15) is 9.77 Å². The zero-order valence-electron chi connectivity index (χ0n) is 14.1. The highest BCUT2D eigenvalue weighted by Crippen LogP contribution is 2.27. The van der Waals surface area contributed by atoms with E-state index in [9.17, 15) is 18.0 Å². The molecule has 1 aromatic heterocycles. The van der Waals surface area contributed by atoms with Crippen LogP contribution >= 0.6 is 11.3 Å². The fourth-order valence-electron chi connectivity index (χ4n) is 2.80. The van der Waals surface area contributed by atoms with Gasteiger partial charge in [-0.05, 0) is 36.4 Å². The molecule has 0 bridgehead atoms. The number of para-hydroxylation sites is 1. The topological polar surface area (TPSA) is 92.8 Å². The summed E-state index contributed by atoms with van der Waals surface area (Å²) >= 11 is 0.982. The second kappa shape index (κ2) is 7.46. The monoisotopic (exact) mass is 394 g/mol. The third kappa shape index (κ3) is 3.58. The number of benzene rings is 1. The third-order valence-corrected chi connectivity index (χ3v) is 6.52. The van der Waals surface area contributed by atoms with E-state index in [0.29, 0.717) is 13.1 Å². The molecule has 1 fully saturated rings. The van der Waals surface area contributed by atoms with Crippen LogP contribution in [0.4, 0.5) is 5.69 Å². The fourth-order valence-corrected chi connectivity index (χ4v) is 5.22. The highest BCUT2D eigenvalue weighted by Gasteiger charge is 2.27. The molecule has 0 atom stereocenters. The molecule has 0 saturated carbocycles. The number of esters is 1. The lowest BCUT2D eigenvalue weighted by atomic mass is 10.1. The molecule has 0 aliphatic carbocycles. The maximum atomic E-state index is 12.8. The van der Waals surface area contributed by atoms with Crippen LogP contribution in [0.2, 0.25) is 0 Å². The van der Waals surface area contributed by atoms with Gasteiger partial charge in [0.05, 0.1) is 18.4 Å². The molecule has 1 aromatic carbocycles. The number of amides is 1. The first-order valence-electron chi connectivity index (χ1n) is 8.01. The van der Waals surface area contributed by atoms with Crippen LogP contribution in [0.1, 0.15) is 32.9 Å². The van der Waals surface area contributed by atoms with Gasteiger partial charge in [-0.3, -0.25) is 9.52 Å². The Balaban J connectivity index is 1.93. The van der Waals surface area contributed by atoms with Crippen molar-refractivity contribution in [3.05, 3.63) is 46.2 Å². The van der Waals surface area contributed by atoms with Crippen LogP contribution in [0.25, 0.3) is 0 Å². The molecule has 1 N–H and O–H groups in total. The SMILES string of the molecule is COC(=O)c1sccc1S(=O)(=O)Nc1ccccc1C(=O)N1CCCC1. The molecular formula is C17H18N2O5S2. The number of carbonyl (C=O) groups excluding carboxylic acids is 2. The van der Waals surface area contributed by atoms with E-state index in [0.717, 1.165) is 24.2 Å². The maximum Gasteiger partial charge on any atom is 0.349 e. The van der Waals surface area contributed by atoms with Gasteiger partial charge >= 0.3 is 5.97 Å². The second-order valence-electron chi connectivity index (χ2n) is 5.76. The average molecular weight is 394 g/mol. The van der Waals surface area contributed by atoms with Gasteiger partial charge in [0.15, 0.2) is 0 Å². The Morgan fingerprint density at radius 2 is 1.85 bits per heavy atom. The summed E-state index contributed by atoms with van der Waals surface area (Å²) in [5.41, 5.74) is 0.472. The molecule has 7 nitrogen and oxygen atoms in total. The van der Waals surface area contributed by atoms with Crippen molar-refractivity contribution in [3.63, 3.8) is 0 Å². The summed E-state index contributed by atoms with van der Waals surface area (Å²) in [7, 11) is -2.86. The molecule has 0 unspecified atom stereocenters. The maximum absolute atomic E-state index is 12.8. The van der Waals surface area contributed by atoms with Crippen molar-refractivity contribution >= 4 is 38.9 Å². The molecule has 1 amide bonds. The van der Waals surface area contributed by atoms with Crippen molar-refractivity contribution in [1.29, 1.82) is 0 Å². The number of nitrogens with one attached hydrogen (secondary N) is 1. The molecule has 0 radical (unpaired) electrons. The van der Waals surface area contributed by atoms with Crippen LogP contribution in [-0.4, -0.2) is 45.4 Å². The fraction of sp³-hybridized carbons (Fsp3) is 0.294. The molecule has 9 heteroatoms. The minimum Gasteiger partial charge on any atom is -0.465 e. The highest BCUT2D eigenvalue weighted by molar-refractivity contribution is 7.93. The summed E-state index contributed by atoms with van der Waals surface area (Å²) in [6, 6.07) is 7.79. The molecular weight excluding hydrogens is 376 g/mol. The minimum absolute atomic E-state index is 0.0108. The lowest BCUT2D eigenvalue weighted by molar-refractivity contribution is 0.0602. The van der Waals surface area contributed by atoms with Crippen LogP contribution in [0.3, 0.4) is 0 Å². The van der Waals surface area contributed by atoms with Gasteiger partial charge < -0.3 is 9.64 Å². The zero-order chi connectivity index (χ0) is 18.7. The number of anilines is 1. The summed E-state index contributed by atoms with van der Waals surface area (Å²) < 4.78 is 32.6. The standard InChI is InChI=1S/C17H18N2O5S2/c1-24-17(21)15-14(8-11-25-15)26(22,23)18-13-7-3-2-6-12(13)16(20)19-9-4-5-10-19/h2-3,6-8,11,18H,4-5,9-10H2,1H3. The van der Waals surface area contributed by atoms with E-state index in [-0.39, 0.29) is 26.9 Å². The summed E-state index contributed by atoms with van der Waals surface area (Å²) in [6.07, 6.45) is 1.88. The summed E-state index contributed by atoms with van der Waals surface area (Å²) in [6.45, 7) is 1.33. The predicted octanol–water partition coefficient (Wildman–Crippen LogP) is 2.57. The number of sulfonamides is 1.